The Morgan fingerprint density at radius 2 is 1.93 bits per heavy atom. The summed E-state index contributed by atoms with van der Waals surface area (Å²) in [6.07, 6.45) is 5.74. The minimum absolute atomic E-state index is 0.776. The van der Waals surface area contributed by atoms with Crippen molar-refractivity contribution in [3.63, 3.8) is 0 Å². The number of anilines is 1. The lowest BCUT2D eigenvalue weighted by Crippen LogP contribution is -1.83. The Morgan fingerprint density at radius 3 is 2.67 bits per heavy atom. The number of benzene rings is 1. The van der Waals surface area contributed by atoms with E-state index in [4.69, 9.17) is 5.73 Å². The van der Waals surface area contributed by atoms with Crippen LogP contribution in [0.4, 0.5) is 5.69 Å². The van der Waals surface area contributed by atoms with Crippen LogP contribution in [0.25, 0.3) is 12.2 Å². The van der Waals surface area contributed by atoms with Crippen molar-refractivity contribution in [2.75, 3.05) is 5.73 Å². The number of hydrogen-bond donors (Lipinski definition) is 1. The molecule has 0 saturated carbocycles. The van der Waals surface area contributed by atoms with Crippen molar-refractivity contribution in [2.24, 2.45) is 0 Å². The molecule has 2 nitrogen and oxygen atoms in total. The molecule has 0 saturated heterocycles. The third-order valence-corrected chi connectivity index (χ3v) is 2.04. The van der Waals surface area contributed by atoms with E-state index in [0.717, 1.165) is 16.9 Å². The fraction of sp³-hybridized carbons (Fsp3) is 0. The van der Waals surface area contributed by atoms with Gasteiger partial charge in [-0.15, -0.1) is 0 Å². The molecule has 2 rings (SSSR count). The average Bonchev–Trinajstić information content (AvgIpc) is 2.28. The van der Waals surface area contributed by atoms with Crippen molar-refractivity contribution in [3.8, 4) is 0 Å². The molecule has 0 spiro atoms. The molecular weight excluding hydrogens is 184 g/mol. The average molecular weight is 196 g/mol. The van der Waals surface area contributed by atoms with Crippen molar-refractivity contribution in [2.45, 2.75) is 0 Å². The summed E-state index contributed by atoms with van der Waals surface area (Å²) in [5.74, 6) is 0. The second kappa shape index (κ2) is 4.42. The molecule has 0 bridgehead atoms. The number of nitrogens with zero attached hydrogens (tertiary/aromatic N) is 1. The molecule has 0 atom stereocenters. The Morgan fingerprint density at radius 1 is 1.00 bits per heavy atom. The summed E-state index contributed by atoms with van der Waals surface area (Å²) in [6, 6.07) is 13.6. The maximum atomic E-state index is 5.68. The van der Waals surface area contributed by atoms with Gasteiger partial charge in [-0.2, -0.15) is 0 Å². The monoisotopic (exact) mass is 196 g/mol. The van der Waals surface area contributed by atoms with E-state index < -0.39 is 0 Å². The Kier molecular flexibility index (Phi) is 2.79. The topological polar surface area (TPSA) is 38.9 Å². The molecule has 0 aliphatic rings. The zero-order valence-electron chi connectivity index (χ0n) is 8.30. The van der Waals surface area contributed by atoms with Crippen LogP contribution in [0.2, 0.25) is 0 Å². The predicted molar refractivity (Wildman–Crippen MR) is 64.0 cm³/mol. The van der Waals surface area contributed by atoms with Gasteiger partial charge in [-0.25, -0.2) is 0 Å². The molecule has 0 aliphatic carbocycles. The smallest absolute Gasteiger partial charge is 0.0629 e. The molecular formula is C13H12N2. The Hall–Kier alpha value is -2.09. The fourth-order valence-electron chi connectivity index (χ4n) is 1.32. The predicted octanol–water partition coefficient (Wildman–Crippen LogP) is 2.83. The maximum absolute atomic E-state index is 5.68. The van der Waals surface area contributed by atoms with Gasteiger partial charge < -0.3 is 5.73 Å². The minimum atomic E-state index is 0.776. The van der Waals surface area contributed by atoms with E-state index in [0.29, 0.717) is 0 Å². The molecule has 0 aliphatic heterocycles. The summed E-state index contributed by atoms with van der Waals surface area (Å²) in [5, 5.41) is 0. The van der Waals surface area contributed by atoms with Crippen molar-refractivity contribution >= 4 is 17.8 Å². The fourth-order valence-corrected chi connectivity index (χ4v) is 1.32. The highest BCUT2D eigenvalue weighted by Crippen LogP contribution is 2.09. The van der Waals surface area contributed by atoms with Gasteiger partial charge in [0.05, 0.1) is 5.69 Å². The number of aromatic nitrogens is 1. The molecule has 1 aromatic carbocycles. The van der Waals surface area contributed by atoms with Gasteiger partial charge in [-0.05, 0) is 35.9 Å². The first kappa shape index (κ1) is 9.46. The normalized spacial score (nSPS) is 10.7. The van der Waals surface area contributed by atoms with Crippen LogP contribution in [-0.2, 0) is 0 Å². The number of rotatable bonds is 2. The summed E-state index contributed by atoms with van der Waals surface area (Å²) >= 11 is 0. The van der Waals surface area contributed by atoms with Crippen LogP contribution < -0.4 is 5.73 Å². The van der Waals surface area contributed by atoms with Crippen LogP contribution in [0, 0.1) is 0 Å². The number of nitrogen functional groups attached to an aromatic ring is 1. The van der Waals surface area contributed by atoms with E-state index in [1.807, 2.05) is 54.6 Å². The number of nitrogens with two attached hydrogens (primary N) is 1. The zero-order chi connectivity index (χ0) is 10.5. The van der Waals surface area contributed by atoms with E-state index in [9.17, 15) is 0 Å². The Bertz CT molecular complexity index is 461. The van der Waals surface area contributed by atoms with Crippen molar-refractivity contribution in [3.05, 3.63) is 59.9 Å². The third kappa shape index (κ3) is 2.68. The van der Waals surface area contributed by atoms with Gasteiger partial charge in [-0.3, -0.25) is 4.98 Å². The molecule has 0 unspecified atom stereocenters. The highest BCUT2D eigenvalue weighted by atomic mass is 14.6. The van der Waals surface area contributed by atoms with E-state index in [2.05, 4.69) is 4.98 Å². The van der Waals surface area contributed by atoms with Crippen LogP contribution in [-0.4, -0.2) is 4.98 Å². The zero-order valence-corrected chi connectivity index (χ0v) is 8.30. The summed E-state index contributed by atoms with van der Waals surface area (Å²) in [7, 11) is 0. The van der Waals surface area contributed by atoms with Gasteiger partial charge in [-0.1, -0.05) is 24.3 Å². The van der Waals surface area contributed by atoms with Crippen molar-refractivity contribution in [1.29, 1.82) is 0 Å². The molecule has 1 aromatic heterocycles. The SMILES string of the molecule is Nc1cccc(C=Cc2ccccn2)c1. The molecule has 2 heteroatoms. The largest absolute Gasteiger partial charge is 0.399 e. The lowest BCUT2D eigenvalue weighted by Gasteiger charge is -1.95. The summed E-state index contributed by atoms with van der Waals surface area (Å²) < 4.78 is 0. The number of pyridine rings is 1. The molecule has 2 N–H and O–H groups in total. The second-order valence-electron chi connectivity index (χ2n) is 3.26. The van der Waals surface area contributed by atoms with E-state index in [-0.39, 0.29) is 0 Å². The van der Waals surface area contributed by atoms with E-state index in [1.54, 1.807) is 6.20 Å². The summed E-state index contributed by atoms with van der Waals surface area (Å²) in [4.78, 5) is 4.20. The number of hydrogen-bond acceptors (Lipinski definition) is 2. The van der Waals surface area contributed by atoms with Crippen LogP contribution in [0.15, 0.2) is 48.7 Å². The lowest BCUT2D eigenvalue weighted by atomic mass is 10.2. The summed E-state index contributed by atoms with van der Waals surface area (Å²) in [6.45, 7) is 0. The van der Waals surface area contributed by atoms with Gasteiger partial charge in [0.2, 0.25) is 0 Å². The Balaban J connectivity index is 2.19. The van der Waals surface area contributed by atoms with E-state index in [1.165, 1.54) is 0 Å². The van der Waals surface area contributed by atoms with Crippen LogP contribution in [0.1, 0.15) is 11.3 Å². The second-order valence-corrected chi connectivity index (χ2v) is 3.26. The highest BCUT2D eigenvalue weighted by Gasteiger charge is 1.88. The molecule has 1 heterocycles. The van der Waals surface area contributed by atoms with Gasteiger partial charge >= 0.3 is 0 Å². The van der Waals surface area contributed by atoms with Crippen molar-refractivity contribution < 1.29 is 0 Å². The van der Waals surface area contributed by atoms with Crippen LogP contribution >= 0.6 is 0 Å². The standard InChI is InChI=1S/C13H12N2/c14-12-5-3-4-11(10-12)7-8-13-6-1-2-9-15-13/h1-10H,14H2. The molecule has 74 valence electrons. The first-order valence-corrected chi connectivity index (χ1v) is 4.79. The molecule has 0 fully saturated rings. The van der Waals surface area contributed by atoms with Crippen LogP contribution in [0.5, 0.6) is 0 Å². The molecule has 15 heavy (non-hydrogen) atoms. The van der Waals surface area contributed by atoms with Gasteiger partial charge in [0.25, 0.3) is 0 Å². The van der Waals surface area contributed by atoms with E-state index >= 15 is 0 Å². The lowest BCUT2D eigenvalue weighted by molar-refractivity contribution is 1.30. The minimum Gasteiger partial charge on any atom is -0.399 e. The van der Waals surface area contributed by atoms with Gasteiger partial charge in [0, 0.05) is 11.9 Å². The van der Waals surface area contributed by atoms with Gasteiger partial charge in [0.15, 0.2) is 0 Å². The summed E-state index contributed by atoms with van der Waals surface area (Å²) in [5.41, 5.74) is 8.48. The molecule has 0 amide bonds. The maximum Gasteiger partial charge on any atom is 0.0629 e. The quantitative estimate of drug-likeness (QED) is 0.750. The van der Waals surface area contributed by atoms with Crippen molar-refractivity contribution in [1.82, 2.24) is 4.98 Å². The molecule has 2 aromatic rings. The highest BCUT2D eigenvalue weighted by molar-refractivity contribution is 5.69. The van der Waals surface area contributed by atoms with Crippen LogP contribution in [0.3, 0.4) is 0 Å². The van der Waals surface area contributed by atoms with Gasteiger partial charge in [0.1, 0.15) is 0 Å². The first-order valence-electron chi connectivity index (χ1n) is 4.79. The third-order valence-electron chi connectivity index (χ3n) is 2.04. The Labute approximate surface area is 89.1 Å². The molecule has 0 radical (unpaired) electrons. The first-order chi connectivity index (χ1) is 7.34.